The van der Waals surface area contributed by atoms with E-state index in [1.807, 2.05) is 18.2 Å². The first-order valence-electron chi connectivity index (χ1n) is 6.94. The lowest BCUT2D eigenvalue weighted by molar-refractivity contribution is 0.414. The van der Waals surface area contributed by atoms with Gasteiger partial charge in [-0.3, -0.25) is 0 Å². The van der Waals surface area contributed by atoms with Gasteiger partial charge in [0.15, 0.2) is 0 Å². The average Bonchev–Trinajstić information content (AvgIpc) is 2.93. The molecule has 0 aliphatic carbocycles. The van der Waals surface area contributed by atoms with E-state index in [9.17, 15) is 0 Å². The predicted molar refractivity (Wildman–Crippen MR) is 83.4 cm³/mol. The van der Waals surface area contributed by atoms with E-state index < -0.39 is 0 Å². The van der Waals surface area contributed by atoms with Gasteiger partial charge in [-0.25, -0.2) is 0 Å². The molecule has 0 aromatic heterocycles. The Kier molecular flexibility index (Phi) is 3.46. The van der Waals surface area contributed by atoms with Crippen molar-refractivity contribution in [2.45, 2.75) is 12.5 Å². The second-order valence-electron chi connectivity index (χ2n) is 5.03. The highest BCUT2D eigenvalue weighted by atomic mass is 16.5. The van der Waals surface area contributed by atoms with Crippen LogP contribution in [0, 0.1) is 0 Å². The zero-order valence-corrected chi connectivity index (χ0v) is 11.8. The van der Waals surface area contributed by atoms with Crippen molar-refractivity contribution in [3.63, 3.8) is 0 Å². The monoisotopic (exact) mass is 265 g/mol. The van der Waals surface area contributed by atoms with Gasteiger partial charge in [-0.15, -0.1) is 6.58 Å². The molecule has 102 valence electrons. The van der Waals surface area contributed by atoms with Gasteiger partial charge in [-0.2, -0.15) is 0 Å². The molecule has 1 aliphatic rings. The van der Waals surface area contributed by atoms with Gasteiger partial charge in [0, 0.05) is 12.2 Å². The van der Waals surface area contributed by atoms with Crippen LogP contribution in [0.25, 0.3) is 0 Å². The molecule has 1 aliphatic heterocycles. The van der Waals surface area contributed by atoms with Crippen LogP contribution in [0.1, 0.15) is 17.2 Å². The number of fused-ring (bicyclic) bond motifs is 1. The number of anilines is 1. The van der Waals surface area contributed by atoms with Crippen molar-refractivity contribution in [2.75, 3.05) is 18.6 Å². The Morgan fingerprint density at radius 2 is 1.90 bits per heavy atom. The molecule has 1 atom stereocenters. The molecule has 20 heavy (non-hydrogen) atoms. The molecule has 0 N–H and O–H groups in total. The van der Waals surface area contributed by atoms with Crippen LogP contribution in [-0.2, 0) is 6.42 Å². The van der Waals surface area contributed by atoms with Gasteiger partial charge in [-0.05, 0) is 35.7 Å². The molecule has 2 nitrogen and oxygen atoms in total. The van der Waals surface area contributed by atoms with Crippen LogP contribution in [0.4, 0.5) is 5.69 Å². The summed E-state index contributed by atoms with van der Waals surface area (Å²) in [6.07, 6.45) is 3.13. The molecule has 0 spiro atoms. The number of hydrogen-bond acceptors (Lipinski definition) is 2. The topological polar surface area (TPSA) is 12.5 Å². The molecule has 0 amide bonds. The van der Waals surface area contributed by atoms with E-state index in [0.29, 0.717) is 0 Å². The van der Waals surface area contributed by atoms with Crippen LogP contribution in [0.15, 0.2) is 61.2 Å². The van der Waals surface area contributed by atoms with E-state index in [-0.39, 0.29) is 6.04 Å². The summed E-state index contributed by atoms with van der Waals surface area (Å²) in [5.41, 5.74) is 4.00. The van der Waals surface area contributed by atoms with Gasteiger partial charge >= 0.3 is 0 Å². The molecule has 2 aromatic carbocycles. The molecule has 1 heterocycles. The molecule has 0 bridgehead atoms. The van der Waals surface area contributed by atoms with E-state index in [1.54, 1.807) is 7.11 Å². The van der Waals surface area contributed by atoms with Gasteiger partial charge in [0.25, 0.3) is 0 Å². The van der Waals surface area contributed by atoms with Crippen LogP contribution in [0.2, 0.25) is 0 Å². The van der Waals surface area contributed by atoms with Gasteiger partial charge in [0.2, 0.25) is 0 Å². The Balaban J connectivity index is 1.92. The van der Waals surface area contributed by atoms with Crippen LogP contribution in [0.3, 0.4) is 0 Å². The van der Waals surface area contributed by atoms with Crippen molar-refractivity contribution in [2.24, 2.45) is 0 Å². The average molecular weight is 265 g/mol. The lowest BCUT2D eigenvalue weighted by Crippen LogP contribution is -2.25. The third kappa shape index (κ3) is 2.18. The molecule has 3 rings (SSSR count). The molecule has 0 fully saturated rings. The third-order valence-electron chi connectivity index (χ3n) is 3.94. The fourth-order valence-electron chi connectivity index (χ4n) is 2.90. The number of rotatable bonds is 4. The van der Waals surface area contributed by atoms with Crippen molar-refractivity contribution >= 4 is 5.69 Å². The summed E-state index contributed by atoms with van der Waals surface area (Å²) in [4.78, 5) is 2.42. The standard InChI is InChI=1S/C18H19NO/c1-3-17(15-8-10-16(20-2)11-9-15)19-13-12-14-6-4-5-7-18(14)19/h3-11,17H,1,12-13H2,2H3/t17-/m0/s1. The van der Waals surface area contributed by atoms with Crippen LogP contribution in [-0.4, -0.2) is 13.7 Å². The Hall–Kier alpha value is -2.22. The fourth-order valence-corrected chi connectivity index (χ4v) is 2.90. The molecule has 2 heteroatoms. The summed E-state index contributed by atoms with van der Waals surface area (Å²) in [5.74, 6) is 0.887. The maximum Gasteiger partial charge on any atom is 0.118 e. The normalized spacial score (nSPS) is 14.8. The number of nitrogens with zero attached hydrogens (tertiary/aromatic N) is 1. The minimum absolute atomic E-state index is 0.213. The number of methoxy groups -OCH3 is 1. The summed E-state index contributed by atoms with van der Waals surface area (Å²) in [5, 5.41) is 0. The van der Waals surface area contributed by atoms with E-state index in [1.165, 1.54) is 16.8 Å². The SMILES string of the molecule is C=C[C@@H](c1ccc(OC)cc1)N1CCc2ccccc21. The number of benzene rings is 2. The highest BCUT2D eigenvalue weighted by Crippen LogP contribution is 2.35. The van der Waals surface area contributed by atoms with Gasteiger partial charge in [0.05, 0.1) is 13.2 Å². The first-order chi connectivity index (χ1) is 9.83. The maximum absolute atomic E-state index is 5.22. The van der Waals surface area contributed by atoms with Gasteiger partial charge in [-0.1, -0.05) is 36.4 Å². The molecule has 0 radical (unpaired) electrons. The molecule has 2 aromatic rings. The van der Waals surface area contributed by atoms with E-state index in [2.05, 4.69) is 47.9 Å². The van der Waals surface area contributed by atoms with Crippen LogP contribution >= 0.6 is 0 Å². The summed E-state index contributed by atoms with van der Waals surface area (Å²) in [6.45, 7) is 5.07. The lowest BCUT2D eigenvalue weighted by Gasteiger charge is -2.28. The van der Waals surface area contributed by atoms with Crippen LogP contribution < -0.4 is 9.64 Å². The minimum Gasteiger partial charge on any atom is -0.497 e. The van der Waals surface area contributed by atoms with E-state index in [4.69, 9.17) is 4.74 Å². The first-order valence-corrected chi connectivity index (χ1v) is 6.94. The minimum atomic E-state index is 0.213. The zero-order chi connectivity index (χ0) is 13.9. The zero-order valence-electron chi connectivity index (χ0n) is 11.8. The Morgan fingerprint density at radius 1 is 1.15 bits per heavy atom. The molecule has 0 unspecified atom stereocenters. The van der Waals surface area contributed by atoms with Gasteiger partial charge in [0.1, 0.15) is 5.75 Å². The molecule has 0 saturated heterocycles. The summed E-state index contributed by atoms with van der Waals surface area (Å²) in [7, 11) is 1.69. The lowest BCUT2D eigenvalue weighted by atomic mass is 10.0. The fraction of sp³-hybridized carbons (Fsp3) is 0.222. The predicted octanol–water partition coefficient (Wildman–Crippen LogP) is 3.99. The van der Waals surface area contributed by atoms with Crippen molar-refractivity contribution in [1.29, 1.82) is 0 Å². The first kappa shape index (κ1) is 12.8. The number of para-hydroxylation sites is 1. The quantitative estimate of drug-likeness (QED) is 0.775. The molecule has 0 saturated carbocycles. The molecular weight excluding hydrogens is 246 g/mol. The second kappa shape index (κ2) is 5.41. The van der Waals surface area contributed by atoms with Crippen LogP contribution in [0.5, 0.6) is 5.75 Å². The summed E-state index contributed by atoms with van der Waals surface area (Å²) >= 11 is 0. The summed E-state index contributed by atoms with van der Waals surface area (Å²) < 4.78 is 5.22. The van der Waals surface area contributed by atoms with Gasteiger partial charge < -0.3 is 9.64 Å². The van der Waals surface area contributed by atoms with Crippen molar-refractivity contribution < 1.29 is 4.74 Å². The maximum atomic E-state index is 5.22. The number of ether oxygens (including phenoxy) is 1. The second-order valence-corrected chi connectivity index (χ2v) is 5.03. The number of hydrogen-bond donors (Lipinski definition) is 0. The molecular formula is C18H19NO. The highest BCUT2D eigenvalue weighted by Gasteiger charge is 2.24. The third-order valence-corrected chi connectivity index (χ3v) is 3.94. The van der Waals surface area contributed by atoms with Crippen molar-refractivity contribution in [3.8, 4) is 5.75 Å². The smallest absolute Gasteiger partial charge is 0.118 e. The Bertz CT molecular complexity index is 603. The van der Waals surface area contributed by atoms with Crippen molar-refractivity contribution in [1.82, 2.24) is 0 Å². The van der Waals surface area contributed by atoms with E-state index in [0.717, 1.165) is 18.7 Å². The van der Waals surface area contributed by atoms with Crippen molar-refractivity contribution in [3.05, 3.63) is 72.3 Å². The summed E-state index contributed by atoms with van der Waals surface area (Å²) in [6, 6.07) is 17.1. The Labute approximate surface area is 120 Å². The van der Waals surface area contributed by atoms with E-state index >= 15 is 0 Å². The Morgan fingerprint density at radius 3 is 2.60 bits per heavy atom. The highest BCUT2D eigenvalue weighted by molar-refractivity contribution is 5.60. The largest absolute Gasteiger partial charge is 0.497 e.